The molecule has 0 bridgehead atoms. The summed E-state index contributed by atoms with van der Waals surface area (Å²) >= 11 is 12.2. The fourth-order valence-corrected chi connectivity index (χ4v) is 3.81. The van der Waals surface area contributed by atoms with Crippen molar-refractivity contribution in [2.75, 3.05) is 25.1 Å². The molecule has 5 nitrogen and oxygen atoms in total. The van der Waals surface area contributed by atoms with Crippen molar-refractivity contribution in [3.63, 3.8) is 0 Å². The quantitative estimate of drug-likeness (QED) is 0.786. The van der Waals surface area contributed by atoms with E-state index in [-0.39, 0.29) is 12.2 Å². The van der Waals surface area contributed by atoms with Crippen LogP contribution in [0, 0.1) is 0 Å². The molecule has 2 aliphatic rings. The summed E-state index contributed by atoms with van der Waals surface area (Å²) in [6.07, 6.45) is 0.676. The van der Waals surface area contributed by atoms with Crippen molar-refractivity contribution in [1.82, 2.24) is 10.0 Å². The third-order valence-corrected chi connectivity index (χ3v) is 5.36. The largest absolute Gasteiger partial charge is 0.496 e. The highest BCUT2D eigenvalue weighted by Crippen LogP contribution is 2.44. The molecule has 130 valence electrons. The Kier molecular flexibility index (Phi) is 4.23. The van der Waals surface area contributed by atoms with Gasteiger partial charge in [-0.15, -0.1) is 0 Å². The van der Waals surface area contributed by atoms with Crippen LogP contribution < -0.4 is 9.64 Å². The molecular weight excluding hydrogens is 361 g/mol. The Bertz CT molecular complexity index is 830. The monoisotopic (exact) mass is 377 g/mol. The van der Waals surface area contributed by atoms with Gasteiger partial charge in [-0.3, -0.25) is 9.91 Å². The highest BCUT2D eigenvalue weighted by atomic mass is 35.5. The molecule has 2 aromatic carbocycles. The van der Waals surface area contributed by atoms with Gasteiger partial charge in [0, 0.05) is 24.3 Å². The van der Waals surface area contributed by atoms with Crippen LogP contribution in [-0.2, 0) is 0 Å². The van der Waals surface area contributed by atoms with Crippen LogP contribution in [0.2, 0.25) is 10.0 Å². The molecule has 0 aliphatic carbocycles. The average Bonchev–Trinajstić information content (AvgIpc) is 3.20. The van der Waals surface area contributed by atoms with E-state index in [4.69, 9.17) is 27.9 Å². The summed E-state index contributed by atoms with van der Waals surface area (Å²) in [6, 6.07) is 13.0. The number of amides is 2. The van der Waals surface area contributed by atoms with E-state index in [0.29, 0.717) is 22.3 Å². The van der Waals surface area contributed by atoms with Crippen LogP contribution in [0.4, 0.5) is 10.5 Å². The molecule has 0 aromatic heterocycles. The minimum atomic E-state index is -0.275. The number of nitrogens with zero attached hydrogens (tertiary/aromatic N) is 3. The zero-order chi connectivity index (χ0) is 17.6. The molecule has 2 saturated heterocycles. The maximum atomic E-state index is 13.1. The molecule has 2 aliphatic heterocycles. The number of carbonyl (C=O) groups is 1. The van der Waals surface area contributed by atoms with E-state index < -0.39 is 0 Å². The minimum Gasteiger partial charge on any atom is -0.496 e. The van der Waals surface area contributed by atoms with Gasteiger partial charge in [0.05, 0.1) is 17.2 Å². The van der Waals surface area contributed by atoms with Gasteiger partial charge in [-0.05, 0) is 30.7 Å². The summed E-state index contributed by atoms with van der Waals surface area (Å²) in [4.78, 5) is 14.8. The molecule has 2 amide bonds. The van der Waals surface area contributed by atoms with Crippen molar-refractivity contribution < 1.29 is 9.53 Å². The molecular formula is C18H17Cl2N3O2. The molecule has 0 N–H and O–H groups in total. The zero-order valence-corrected chi connectivity index (χ0v) is 15.2. The highest BCUT2D eigenvalue weighted by Gasteiger charge is 2.48. The van der Waals surface area contributed by atoms with Crippen LogP contribution in [-0.4, -0.2) is 36.2 Å². The molecule has 2 heterocycles. The van der Waals surface area contributed by atoms with Gasteiger partial charge in [0.2, 0.25) is 0 Å². The maximum absolute atomic E-state index is 13.1. The Hall–Kier alpha value is -1.95. The minimum absolute atomic E-state index is 0.0632. The Balaban J connectivity index is 1.85. The van der Waals surface area contributed by atoms with Crippen molar-refractivity contribution in [2.45, 2.75) is 12.6 Å². The summed E-state index contributed by atoms with van der Waals surface area (Å²) in [5.41, 5.74) is 1.65. The summed E-state index contributed by atoms with van der Waals surface area (Å²) in [5, 5.41) is 4.77. The summed E-state index contributed by atoms with van der Waals surface area (Å²) in [5.74, 6) is 0.749. The Morgan fingerprint density at radius 3 is 2.64 bits per heavy atom. The summed E-state index contributed by atoms with van der Waals surface area (Å²) < 4.78 is 5.54. The number of urea groups is 1. The van der Waals surface area contributed by atoms with E-state index in [9.17, 15) is 4.79 Å². The lowest BCUT2D eigenvalue weighted by Gasteiger charge is -2.29. The first-order valence-electron chi connectivity index (χ1n) is 8.07. The number of methoxy groups -OCH3 is 1. The van der Waals surface area contributed by atoms with Crippen LogP contribution in [0.25, 0.3) is 0 Å². The standard InChI is InChI=1S/C18H17Cl2N3O2/c1-25-16-6-3-2-5-13(16)17-21-9-4-10-22(21)18(24)23(17)12-7-8-14(19)15(20)11-12/h2-3,5-8,11,17H,4,9-10H2,1H3. The third kappa shape index (κ3) is 2.63. The first-order valence-corrected chi connectivity index (χ1v) is 8.82. The van der Waals surface area contributed by atoms with Crippen molar-refractivity contribution in [1.29, 1.82) is 0 Å². The molecule has 25 heavy (non-hydrogen) atoms. The molecule has 1 unspecified atom stereocenters. The lowest BCUT2D eigenvalue weighted by Crippen LogP contribution is -2.32. The molecule has 1 atom stereocenters. The predicted octanol–water partition coefficient (Wildman–Crippen LogP) is 4.56. The van der Waals surface area contributed by atoms with Crippen LogP contribution in [0.1, 0.15) is 18.2 Å². The number of benzene rings is 2. The number of ether oxygens (including phenoxy) is 1. The number of hydrazine groups is 1. The number of hydrogen-bond donors (Lipinski definition) is 0. The van der Waals surface area contributed by atoms with Crippen molar-refractivity contribution in [3.05, 3.63) is 58.1 Å². The van der Waals surface area contributed by atoms with E-state index in [2.05, 4.69) is 5.01 Å². The molecule has 0 saturated carbocycles. The first-order chi connectivity index (χ1) is 12.1. The SMILES string of the molecule is COc1ccccc1C1N(c2ccc(Cl)c(Cl)c2)C(=O)N2CCCN12. The van der Waals surface area contributed by atoms with Crippen molar-refractivity contribution in [3.8, 4) is 5.75 Å². The second-order valence-corrected chi connectivity index (χ2v) is 6.82. The van der Waals surface area contributed by atoms with E-state index in [1.165, 1.54) is 0 Å². The molecule has 2 fully saturated rings. The second kappa shape index (κ2) is 6.41. The molecule has 0 radical (unpaired) electrons. The Morgan fingerprint density at radius 2 is 1.88 bits per heavy atom. The molecule has 4 rings (SSSR count). The third-order valence-electron chi connectivity index (χ3n) is 4.62. The van der Waals surface area contributed by atoms with Crippen LogP contribution in [0.5, 0.6) is 5.75 Å². The number of anilines is 1. The molecule has 7 heteroatoms. The zero-order valence-electron chi connectivity index (χ0n) is 13.7. The highest BCUT2D eigenvalue weighted by molar-refractivity contribution is 6.42. The van der Waals surface area contributed by atoms with Gasteiger partial charge in [0.15, 0.2) is 0 Å². The van der Waals surface area contributed by atoms with Crippen molar-refractivity contribution >= 4 is 34.9 Å². The fourth-order valence-electron chi connectivity index (χ4n) is 3.52. The average molecular weight is 378 g/mol. The van der Waals surface area contributed by atoms with E-state index >= 15 is 0 Å². The maximum Gasteiger partial charge on any atom is 0.340 e. The lowest BCUT2D eigenvalue weighted by molar-refractivity contribution is 0.0718. The first kappa shape index (κ1) is 16.5. The molecule has 0 spiro atoms. The Morgan fingerprint density at radius 1 is 1.08 bits per heavy atom. The van der Waals surface area contributed by atoms with Gasteiger partial charge >= 0.3 is 6.03 Å². The Labute approximate surface area is 156 Å². The number of fused-ring (bicyclic) bond motifs is 1. The van der Waals surface area contributed by atoms with Crippen LogP contribution in [0.15, 0.2) is 42.5 Å². The van der Waals surface area contributed by atoms with E-state index in [0.717, 1.165) is 24.3 Å². The van der Waals surface area contributed by atoms with Crippen LogP contribution >= 0.6 is 23.2 Å². The summed E-state index contributed by atoms with van der Waals surface area (Å²) in [7, 11) is 1.64. The van der Waals surface area contributed by atoms with Gasteiger partial charge in [-0.1, -0.05) is 41.4 Å². The summed E-state index contributed by atoms with van der Waals surface area (Å²) in [6.45, 7) is 1.52. The number of hydrogen-bond acceptors (Lipinski definition) is 3. The predicted molar refractivity (Wildman–Crippen MR) is 98.1 cm³/mol. The molecule has 2 aromatic rings. The van der Waals surface area contributed by atoms with E-state index in [1.54, 1.807) is 29.2 Å². The van der Waals surface area contributed by atoms with E-state index in [1.807, 2.05) is 30.3 Å². The van der Waals surface area contributed by atoms with Gasteiger partial charge in [-0.2, -0.15) is 5.01 Å². The van der Waals surface area contributed by atoms with Crippen molar-refractivity contribution in [2.24, 2.45) is 0 Å². The number of carbonyl (C=O) groups excluding carboxylic acids is 1. The van der Waals surface area contributed by atoms with Crippen LogP contribution in [0.3, 0.4) is 0 Å². The lowest BCUT2D eigenvalue weighted by atomic mass is 10.1. The number of para-hydroxylation sites is 1. The van der Waals surface area contributed by atoms with Gasteiger partial charge in [0.25, 0.3) is 0 Å². The van der Waals surface area contributed by atoms with Gasteiger partial charge in [0.1, 0.15) is 11.9 Å². The number of rotatable bonds is 3. The van der Waals surface area contributed by atoms with Gasteiger partial charge < -0.3 is 4.74 Å². The van der Waals surface area contributed by atoms with Gasteiger partial charge in [-0.25, -0.2) is 4.79 Å². The fraction of sp³-hybridized carbons (Fsp3) is 0.278. The topological polar surface area (TPSA) is 36.0 Å². The smallest absolute Gasteiger partial charge is 0.340 e. The second-order valence-electron chi connectivity index (χ2n) is 6.01. The normalized spacial score (nSPS) is 20.3. The number of halogens is 2.